The third-order valence-corrected chi connectivity index (χ3v) is 6.05. The van der Waals surface area contributed by atoms with Crippen LogP contribution in [-0.4, -0.2) is 13.9 Å². The van der Waals surface area contributed by atoms with Gasteiger partial charge in [-0.1, -0.05) is 55.2 Å². The van der Waals surface area contributed by atoms with E-state index in [1.165, 1.54) is 12.1 Å². The van der Waals surface area contributed by atoms with Gasteiger partial charge in [0.05, 0.1) is 5.02 Å². The van der Waals surface area contributed by atoms with E-state index in [9.17, 15) is 21.6 Å². The molecule has 0 spiro atoms. The Bertz CT molecular complexity index is 924. The molecule has 0 aliphatic heterocycles. The van der Waals surface area contributed by atoms with Crippen molar-refractivity contribution in [3.05, 3.63) is 63.6 Å². The van der Waals surface area contributed by atoms with E-state index < -0.39 is 26.8 Å². The fourth-order valence-electron chi connectivity index (χ4n) is 3.05. The lowest BCUT2D eigenvalue weighted by Gasteiger charge is -2.33. The molecule has 0 aliphatic carbocycles. The Morgan fingerprint density at radius 3 is 2.04 bits per heavy atom. The van der Waals surface area contributed by atoms with Gasteiger partial charge in [-0.25, -0.2) is 0 Å². The molecule has 2 aromatic rings. The predicted molar refractivity (Wildman–Crippen MR) is 99.9 cm³/mol. The van der Waals surface area contributed by atoms with Crippen molar-refractivity contribution < 1.29 is 25.8 Å². The smallest absolute Gasteiger partial charge is 0.374 e. The molecule has 0 amide bonds. The Morgan fingerprint density at radius 2 is 1.56 bits per heavy atom. The highest BCUT2D eigenvalue weighted by Gasteiger charge is 2.48. The Balaban J connectivity index is 2.51. The van der Waals surface area contributed by atoms with Gasteiger partial charge in [0.1, 0.15) is 0 Å². The minimum atomic E-state index is -5.79. The first-order chi connectivity index (χ1) is 12.5. The molecule has 148 valence electrons. The number of rotatable bonds is 6. The van der Waals surface area contributed by atoms with Crippen LogP contribution in [0.15, 0.2) is 42.5 Å². The second kappa shape index (κ2) is 7.89. The Labute approximate surface area is 166 Å². The molecule has 0 radical (unpaired) electrons. The monoisotopic (exact) mass is 440 g/mol. The zero-order chi connectivity index (χ0) is 20.5. The summed E-state index contributed by atoms with van der Waals surface area (Å²) in [6.45, 7) is 3.94. The molecule has 0 aliphatic rings. The molecule has 0 saturated heterocycles. The number of benzene rings is 2. The molecule has 0 bridgehead atoms. The van der Waals surface area contributed by atoms with Crippen LogP contribution in [0.2, 0.25) is 10.0 Å². The number of hydrogen-bond donors (Lipinski definition) is 0. The maximum absolute atomic E-state index is 12.5. The Kier molecular flexibility index (Phi) is 6.39. The second-order valence-electron chi connectivity index (χ2n) is 5.93. The van der Waals surface area contributed by atoms with Crippen LogP contribution in [0, 0.1) is 0 Å². The van der Waals surface area contributed by atoms with Crippen molar-refractivity contribution in [2.75, 3.05) is 0 Å². The summed E-state index contributed by atoms with van der Waals surface area (Å²) in [4.78, 5) is 0. The minimum Gasteiger partial charge on any atom is -0.374 e. The zero-order valence-electron chi connectivity index (χ0n) is 14.5. The summed E-state index contributed by atoms with van der Waals surface area (Å²) in [6, 6.07) is 11.4. The average Bonchev–Trinajstić information content (AvgIpc) is 2.58. The van der Waals surface area contributed by atoms with Crippen molar-refractivity contribution in [2.45, 2.75) is 37.6 Å². The van der Waals surface area contributed by atoms with E-state index in [0.717, 1.165) is 17.2 Å². The molecular formula is C18H17Cl2F3O3S. The van der Waals surface area contributed by atoms with Crippen molar-refractivity contribution in [3.63, 3.8) is 0 Å². The van der Waals surface area contributed by atoms with Crippen LogP contribution in [0.1, 0.15) is 37.8 Å². The molecule has 3 nitrogen and oxygen atoms in total. The maximum atomic E-state index is 12.5. The van der Waals surface area contributed by atoms with Gasteiger partial charge in [0.15, 0.2) is 5.75 Å². The lowest BCUT2D eigenvalue weighted by molar-refractivity contribution is -0.0500. The number of hydrogen-bond acceptors (Lipinski definition) is 3. The highest BCUT2D eigenvalue weighted by molar-refractivity contribution is 7.88. The fraction of sp³-hybridized carbons (Fsp3) is 0.333. The molecule has 2 aromatic carbocycles. The molecule has 0 atom stereocenters. The zero-order valence-corrected chi connectivity index (χ0v) is 16.8. The molecule has 0 unspecified atom stereocenters. The summed E-state index contributed by atoms with van der Waals surface area (Å²) < 4.78 is 64.1. The van der Waals surface area contributed by atoms with Gasteiger partial charge in [-0.2, -0.15) is 21.6 Å². The molecule has 2 rings (SSSR count). The molecule has 0 aromatic heterocycles. The van der Waals surface area contributed by atoms with Crippen LogP contribution in [0.3, 0.4) is 0 Å². The van der Waals surface area contributed by atoms with E-state index in [1.807, 2.05) is 32.0 Å². The summed E-state index contributed by atoms with van der Waals surface area (Å²) >= 11 is 12.1. The Hall–Kier alpha value is -1.44. The average molecular weight is 441 g/mol. The van der Waals surface area contributed by atoms with Gasteiger partial charge in [0, 0.05) is 10.4 Å². The first-order valence-corrected chi connectivity index (χ1v) is 10.2. The summed E-state index contributed by atoms with van der Waals surface area (Å²) in [6.07, 6.45) is 1.34. The lowest BCUT2D eigenvalue weighted by Crippen LogP contribution is -2.28. The molecule has 0 fully saturated rings. The first-order valence-electron chi connectivity index (χ1n) is 8.03. The SMILES string of the molecule is CCC(CC)(c1cccc(Cl)c1)c1ccc(OS(=O)(=O)C(F)(F)F)c(Cl)c1. The molecule has 0 heterocycles. The Morgan fingerprint density at radius 1 is 0.963 bits per heavy atom. The van der Waals surface area contributed by atoms with E-state index in [1.54, 1.807) is 6.07 Å². The van der Waals surface area contributed by atoms with Crippen molar-refractivity contribution in [2.24, 2.45) is 0 Å². The number of alkyl halides is 3. The number of halogens is 5. The molecular weight excluding hydrogens is 424 g/mol. The van der Waals surface area contributed by atoms with Crippen molar-refractivity contribution in [1.82, 2.24) is 0 Å². The van der Waals surface area contributed by atoms with E-state index in [-0.39, 0.29) is 5.02 Å². The van der Waals surface area contributed by atoms with Gasteiger partial charge in [-0.05, 0) is 48.2 Å². The van der Waals surface area contributed by atoms with E-state index in [4.69, 9.17) is 23.2 Å². The van der Waals surface area contributed by atoms with E-state index in [0.29, 0.717) is 17.9 Å². The van der Waals surface area contributed by atoms with Gasteiger partial charge < -0.3 is 4.18 Å². The normalized spacial score (nSPS) is 12.9. The highest BCUT2D eigenvalue weighted by Crippen LogP contribution is 2.42. The molecule has 9 heteroatoms. The van der Waals surface area contributed by atoms with E-state index >= 15 is 0 Å². The van der Waals surface area contributed by atoms with Crippen LogP contribution in [-0.2, 0) is 15.5 Å². The lowest BCUT2D eigenvalue weighted by atomic mass is 9.70. The van der Waals surface area contributed by atoms with Gasteiger partial charge in [-0.15, -0.1) is 0 Å². The largest absolute Gasteiger partial charge is 0.534 e. The highest BCUT2D eigenvalue weighted by atomic mass is 35.5. The minimum absolute atomic E-state index is 0.228. The maximum Gasteiger partial charge on any atom is 0.534 e. The quantitative estimate of drug-likeness (QED) is 0.389. The summed E-state index contributed by atoms with van der Waals surface area (Å²) in [7, 11) is -5.79. The molecule has 0 N–H and O–H groups in total. The standard InChI is InChI=1S/C18H17Cl2F3O3S/c1-3-17(4-2,12-6-5-7-14(19)10-12)13-8-9-16(15(20)11-13)26-27(24,25)18(21,22)23/h5-11H,3-4H2,1-2H3. The summed E-state index contributed by atoms with van der Waals surface area (Å²) in [5.41, 5.74) is -4.38. The second-order valence-corrected chi connectivity index (χ2v) is 8.31. The topological polar surface area (TPSA) is 43.4 Å². The van der Waals surface area contributed by atoms with Crippen molar-refractivity contribution in [3.8, 4) is 5.75 Å². The van der Waals surface area contributed by atoms with Gasteiger partial charge in [0.25, 0.3) is 0 Å². The third-order valence-electron chi connectivity index (χ3n) is 4.55. The molecule has 0 saturated carbocycles. The van der Waals surface area contributed by atoms with Crippen LogP contribution >= 0.6 is 23.2 Å². The van der Waals surface area contributed by atoms with Crippen LogP contribution in [0.25, 0.3) is 0 Å². The molecule has 27 heavy (non-hydrogen) atoms. The van der Waals surface area contributed by atoms with Gasteiger partial charge >= 0.3 is 15.6 Å². The van der Waals surface area contributed by atoms with Crippen LogP contribution < -0.4 is 4.18 Å². The first kappa shape index (κ1) is 21.9. The predicted octanol–water partition coefficient (Wildman–Crippen LogP) is 6.33. The van der Waals surface area contributed by atoms with Crippen molar-refractivity contribution >= 4 is 33.3 Å². The van der Waals surface area contributed by atoms with Gasteiger partial charge in [0.2, 0.25) is 0 Å². The third kappa shape index (κ3) is 4.36. The fourth-order valence-corrected chi connectivity index (χ4v) is 3.98. The van der Waals surface area contributed by atoms with Crippen LogP contribution in [0.5, 0.6) is 5.75 Å². The summed E-state index contributed by atoms with van der Waals surface area (Å²) in [5, 5.41) is 0.328. The van der Waals surface area contributed by atoms with Crippen molar-refractivity contribution in [1.29, 1.82) is 0 Å². The van der Waals surface area contributed by atoms with E-state index in [2.05, 4.69) is 4.18 Å². The summed E-state index contributed by atoms with van der Waals surface area (Å²) in [5.74, 6) is -0.579. The van der Waals surface area contributed by atoms with Gasteiger partial charge in [-0.3, -0.25) is 0 Å². The van der Waals surface area contributed by atoms with Crippen LogP contribution in [0.4, 0.5) is 13.2 Å².